The highest BCUT2D eigenvalue weighted by atomic mass is 35.5. The fourth-order valence-electron chi connectivity index (χ4n) is 10.9. The van der Waals surface area contributed by atoms with Gasteiger partial charge in [-0.2, -0.15) is 5.10 Å². The average molecular weight is 1060 g/mol. The molecule has 5 aromatic rings. The number of likely N-dealkylation sites (tertiary alicyclic amines) is 2. The molecule has 3 aromatic heterocycles. The number of halogens is 2. The van der Waals surface area contributed by atoms with E-state index < -0.39 is 35.8 Å². The Kier molecular flexibility index (Phi) is 16.0. The number of carbonyl (C=O) groups is 6. The van der Waals surface area contributed by atoms with Crippen molar-refractivity contribution in [2.45, 2.75) is 69.9 Å². The molecule has 4 saturated heterocycles. The van der Waals surface area contributed by atoms with Crippen LogP contribution in [0, 0.1) is 5.92 Å². The number of hydrogen-bond acceptors (Lipinski definition) is 14. The number of hydrogen-bond donors (Lipinski definition) is 2. The number of amides is 6. The molecule has 0 spiro atoms. The van der Waals surface area contributed by atoms with Crippen LogP contribution in [-0.4, -0.2) is 167 Å². The van der Waals surface area contributed by atoms with Crippen molar-refractivity contribution in [3.8, 4) is 17.0 Å². The van der Waals surface area contributed by atoms with Gasteiger partial charge in [0.15, 0.2) is 0 Å². The highest BCUT2D eigenvalue weighted by molar-refractivity contribution is 6.35. The molecule has 19 nitrogen and oxygen atoms in total. The molecule has 2 atom stereocenters. The third-order valence-corrected chi connectivity index (χ3v) is 15.8. The highest BCUT2D eigenvalue weighted by Crippen LogP contribution is 2.37. The number of nitrogens with one attached hydrogen (secondary N) is 2. The molecule has 2 N–H and O–H groups in total. The molecule has 8 heterocycles. The highest BCUT2D eigenvalue weighted by Gasteiger charge is 2.45. The van der Waals surface area contributed by atoms with Gasteiger partial charge in [0.2, 0.25) is 23.6 Å². The molecule has 0 bridgehead atoms. The molecule has 4 fully saturated rings. The van der Waals surface area contributed by atoms with E-state index in [4.69, 9.17) is 42.4 Å². The third kappa shape index (κ3) is 11.5. The van der Waals surface area contributed by atoms with Crippen molar-refractivity contribution in [1.29, 1.82) is 0 Å². The van der Waals surface area contributed by atoms with Crippen LogP contribution in [-0.2, 0) is 28.7 Å². The summed E-state index contributed by atoms with van der Waals surface area (Å²) in [7, 11) is 0. The fourth-order valence-corrected chi connectivity index (χ4v) is 11.6. The summed E-state index contributed by atoms with van der Waals surface area (Å²) in [6.07, 6.45) is 8.08. The molecule has 10 rings (SSSR count). The van der Waals surface area contributed by atoms with Gasteiger partial charge in [-0.25, -0.2) is 4.98 Å². The van der Waals surface area contributed by atoms with Crippen LogP contribution in [0.25, 0.3) is 22.2 Å². The second kappa shape index (κ2) is 23.2. The van der Waals surface area contributed by atoms with Crippen molar-refractivity contribution in [3.63, 3.8) is 0 Å². The Morgan fingerprint density at radius 3 is 2.21 bits per heavy atom. The second-order valence-electron chi connectivity index (χ2n) is 19.8. The van der Waals surface area contributed by atoms with E-state index in [9.17, 15) is 28.8 Å². The minimum absolute atomic E-state index is 0.0360. The molecule has 394 valence electrons. The molecule has 6 amide bonds. The van der Waals surface area contributed by atoms with Crippen molar-refractivity contribution in [3.05, 3.63) is 99.4 Å². The van der Waals surface area contributed by atoms with Gasteiger partial charge in [0.25, 0.3) is 11.8 Å². The number of carbonyl (C=O) groups excluding carboxylic acids is 6. The molecular formula is C54H60Cl2N10O9. The van der Waals surface area contributed by atoms with Crippen molar-refractivity contribution in [1.82, 2.24) is 45.1 Å². The lowest BCUT2D eigenvalue weighted by Crippen LogP contribution is -2.54. The first-order valence-electron chi connectivity index (χ1n) is 25.8. The average Bonchev–Trinajstić information content (AvgIpc) is 3.95. The summed E-state index contributed by atoms with van der Waals surface area (Å²) in [6.45, 7) is 9.74. The molecule has 21 heteroatoms. The first-order chi connectivity index (χ1) is 36.4. The zero-order chi connectivity index (χ0) is 52.2. The molecule has 5 aliphatic rings. The van der Waals surface area contributed by atoms with Gasteiger partial charge in [0.05, 0.1) is 59.5 Å². The number of benzene rings is 2. The number of H-pyrrole nitrogens is 1. The number of nitrogens with zero attached hydrogens (tertiary/aromatic N) is 8. The van der Waals surface area contributed by atoms with Gasteiger partial charge in [-0.15, -0.1) is 0 Å². The predicted molar refractivity (Wildman–Crippen MR) is 279 cm³/mol. The zero-order valence-corrected chi connectivity index (χ0v) is 43.3. The van der Waals surface area contributed by atoms with Crippen LogP contribution in [0.2, 0.25) is 10.0 Å². The van der Waals surface area contributed by atoms with Crippen molar-refractivity contribution in [2.24, 2.45) is 5.92 Å². The van der Waals surface area contributed by atoms with Gasteiger partial charge in [-0.1, -0.05) is 29.3 Å². The Hall–Kier alpha value is -6.51. The first-order valence-corrected chi connectivity index (χ1v) is 26.6. The van der Waals surface area contributed by atoms with E-state index in [1.807, 2.05) is 59.3 Å². The van der Waals surface area contributed by atoms with Crippen LogP contribution in [0.1, 0.15) is 95.7 Å². The summed E-state index contributed by atoms with van der Waals surface area (Å²) in [4.78, 5) is 95.3. The lowest BCUT2D eigenvalue weighted by Gasteiger charge is -2.39. The molecule has 0 aliphatic carbocycles. The molecule has 1 unspecified atom stereocenters. The van der Waals surface area contributed by atoms with E-state index in [0.29, 0.717) is 111 Å². The van der Waals surface area contributed by atoms with Gasteiger partial charge >= 0.3 is 0 Å². The Bertz CT molecular complexity index is 2930. The predicted octanol–water partition coefficient (Wildman–Crippen LogP) is 6.06. The quantitative estimate of drug-likeness (QED) is 0.0801. The topological polar surface area (TPSA) is 213 Å². The smallest absolute Gasteiger partial charge is 0.262 e. The van der Waals surface area contributed by atoms with Gasteiger partial charge in [0, 0.05) is 93.3 Å². The largest absolute Gasteiger partial charge is 0.486 e. The lowest BCUT2D eigenvalue weighted by molar-refractivity contribution is -0.141. The fraction of sp³-hybridized carbons (Fsp3) is 0.463. The van der Waals surface area contributed by atoms with E-state index in [2.05, 4.69) is 30.3 Å². The van der Waals surface area contributed by atoms with E-state index in [-0.39, 0.29) is 42.9 Å². The summed E-state index contributed by atoms with van der Waals surface area (Å²) >= 11 is 12.8. The van der Waals surface area contributed by atoms with Gasteiger partial charge < -0.3 is 33.8 Å². The van der Waals surface area contributed by atoms with Gasteiger partial charge in [-0.05, 0) is 106 Å². The Morgan fingerprint density at radius 2 is 1.49 bits per heavy atom. The normalized spacial score (nSPS) is 19.5. The van der Waals surface area contributed by atoms with Crippen LogP contribution in [0.5, 0.6) is 5.75 Å². The molecular weight excluding hydrogens is 1000 g/mol. The molecule has 2 aromatic carbocycles. The summed E-state index contributed by atoms with van der Waals surface area (Å²) < 4.78 is 17.8. The SMILES string of the molecule is C[C@@H](Oc1ccc2[nH]nc(-c3ccc(N4CCN(C(=O)C5CCN(C(=O)CCOCCOCCN6CCC(c7ccc8c(c7)C(=O)N(C7CCC(=O)NC7=O)C8=O)CC6)CC5)CC4)nc3)c2c1)c1c(Cl)cncc1Cl. The number of piperazine rings is 1. The summed E-state index contributed by atoms with van der Waals surface area (Å²) in [6, 6.07) is 14.1. The molecule has 0 radical (unpaired) electrons. The second-order valence-corrected chi connectivity index (χ2v) is 20.6. The number of aromatic amines is 1. The standard InChI is InChI=1S/C54H60Cl2N10O9/c1-33(49-42(55)31-57-32-43(49)56)75-38-4-6-44-41(29-38)50(61-60-44)37-3-8-46(58-30-37)63-19-21-65(22-20-63)52(70)35-12-17-64(18-13-35)48(68)14-24-73-26-27-74-25-23-62-15-10-34(11-16-62)36-2-5-39-40(28-36)54(72)66(53(39)71)45-7-9-47(67)59-51(45)69/h2-6,8,28-35,45H,7,9-27H2,1H3,(H,60,61)(H,59,67,69)/t33-,45?/m1/s1. The van der Waals surface area contributed by atoms with E-state index in [0.717, 1.165) is 70.9 Å². The summed E-state index contributed by atoms with van der Waals surface area (Å²) in [5, 5.41) is 11.7. The van der Waals surface area contributed by atoms with Gasteiger partial charge in [0.1, 0.15) is 29.4 Å². The molecule has 0 saturated carbocycles. The van der Waals surface area contributed by atoms with Crippen LogP contribution in [0.4, 0.5) is 5.82 Å². The maximum Gasteiger partial charge on any atom is 0.262 e. The number of aromatic nitrogens is 4. The molecule has 5 aliphatic heterocycles. The van der Waals surface area contributed by atoms with E-state index >= 15 is 0 Å². The molecule has 75 heavy (non-hydrogen) atoms. The minimum atomic E-state index is -0.979. The number of piperidine rings is 3. The maximum atomic E-state index is 13.6. The van der Waals surface area contributed by atoms with Crippen molar-refractivity contribution >= 4 is 75.4 Å². The summed E-state index contributed by atoms with van der Waals surface area (Å²) in [5.41, 5.74) is 4.75. The number of anilines is 1. The number of pyridine rings is 2. The number of imide groups is 2. The number of fused-ring (bicyclic) bond motifs is 2. The van der Waals surface area contributed by atoms with Gasteiger partial charge in [-0.3, -0.25) is 49.1 Å². The maximum absolute atomic E-state index is 13.6. The van der Waals surface area contributed by atoms with Crippen LogP contribution < -0.4 is 15.0 Å². The van der Waals surface area contributed by atoms with Crippen molar-refractivity contribution in [2.75, 3.05) is 90.2 Å². The first kappa shape index (κ1) is 52.0. The minimum Gasteiger partial charge on any atom is -0.486 e. The lowest BCUT2D eigenvalue weighted by atomic mass is 9.88. The van der Waals surface area contributed by atoms with Crippen LogP contribution in [0.3, 0.4) is 0 Å². The van der Waals surface area contributed by atoms with Crippen molar-refractivity contribution < 1.29 is 43.0 Å². The Balaban J connectivity index is 0.581. The number of rotatable bonds is 17. The summed E-state index contributed by atoms with van der Waals surface area (Å²) in [5.74, 6) is -0.194. The van der Waals surface area contributed by atoms with E-state index in [1.165, 1.54) is 0 Å². The Morgan fingerprint density at radius 1 is 0.760 bits per heavy atom. The third-order valence-electron chi connectivity index (χ3n) is 15.2. The van der Waals surface area contributed by atoms with Crippen LogP contribution in [0.15, 0.2) is 67.1 Å². The zero-order valence-electron chi connectivity index (χ0n) is 41.8. The monoisotopic (exact) mass is 1060 g/mol. The van der Waals surface area contributed by atoms with Crippen LogP contribution >= 0.6 is 23.2 Å². The Labute approximate surface area is 444 Å². The van der Waals surface area contributed by atoms with E-state index in [1.54, 1.807) is 24.5 Å². The number of ether oxygens (including phenoxy) is 3.